The highest BCUT2D eigenvalue weighted by Crippen LogP contribution is 2.27. The lowest BCUT2D eigenvalue weighted by atomic mass is 10.2. The van der Waals surface area contributed by atoms with E-state index in [1.807, 2.05) is 6.92 Å². The van der Waals surface area contributed by atoms with Crippen LogP contribution >= 0.6 is 23.2 Å². The molecule has 0 aliphatic carbocycles. The number of aryl methyl sites for hydroxylation is 1. The Morgan fingerprint density at radius 2 is 1.51 bits per heavy atom. The Labute approximate surface area is 283 Å². The Bertz CT molecular complexity index is 2000. The molecule has 47 heavy (non-hydrogen) atoms. The Kier molecular flexibility index (Phi) is 11.6. The van der Waals surface area contributed by atoms with Gasteiger partial charge in [-0.15, -0.1) is 0 Å². The van der Waals surface area contributed by atoms with Crippen molar-refractivity contribution in [3.8, 4) is 0 Å². The molecule has 0 radical (unpaired) electrons. The molecule has 0 spiro atoms. The highest BCUT2D eigenvalue weighted by molar-refractivity contribution is 7.89. The van der Waals surface area contributed by atoms with E-state index in [4.69, 9.17) is 27.6 Å². The molecule has 1 aromatic heterocycles. The molecule has 0 saturated heterocycles. The van der Waals surface area contributed by atoms with Gasteiger partial charge < -0.3 is 9.73 Å². The molecule has 0 aliphatic heterocycles. The van der Waals surface area contributed by atoms with E-state index in [-0.39, 0.29) is 40.3 Å². The average Bonchev–Trinajstić information content (AvgIpc) is 3.45. The van der Waals surface area contributed by atoms with Crippen molar-refractivity contribution in [1.82, 2.24) is 14.0 Å². The molecular formula is C31H31Cl2N5O7S2. The van der Waals surface area contributed by atoms with Gasteiger partial charge in [0.2, 0.25) is 26.0 Å². The van der Waals surface area contributed by atoms with Gasteiger partial charge in [-0.3, -0.25) is 9.59 Å². The van der Waals surface area contributed by atoms with Crippen LogP contribution in [0.2, 0.25) is 10.0 Å². The number of carbonyl (C=O) groups is 2. The van der Waals surface area contributed by atoms with Crippen molar-refractivity contribution < 1.29 is 30.8 Å². The Balaban J connectivity index is 1.42. The number of amides is 2. The number of nitrogens with one attached hydrogen (secondary N) is 2. The first-order valence-corrected chi connectivity index (χ1v) is 17.5. The van der Waals surface area contributed by atoms with Crippen molar-refractivity contribution in [1.29, 1.82) is 0 Å². The Hall–Kier alpha value is -4.05. The maximum absolute atomic E-state index is 13.7. The fraction of sp³-hybridized carbons (Fsp3) is 0.194. The molecule has 0 atom stereocenters. The first-order valence-electron chi connectivity index (χ1n) is 13.9. The predicted molar refractivity (Wildman–Crippen MR) is 179 cm³/mol. The van der Waals surface area contributed by atoms with Crippen molar-refractivity contribution in [3.05, 3.63) is 112 Å². The second-order valence-corrected chi connectivity index (χ2v) is 15.2. The Morgan fingerprint density at radius 3 is 2.15 bits per heavy atom. The van der Waals surface area contributed by atoms with E-state index in [1.165, 1.54) is 73.0 Å². The van der Waals surface area contributed by atoms with E-state index in [2.05, 4.69) is 15.8 Å². The van der Waals surface area contributed by atoms with Crippen LogP contribution in [0.1, 0.15) is 29.6 Å². The highest BCUT2D eigenvalue weighted by atomic mass is 35.5. The maximum Gasteiger partial charge on any atom is 0.255 e. The molecule has 4 aromatic rings. The lowest BCUT2D eigenvalue weighted by Crippen LogP contribution is -2.36. The fourth-order valence-corrected chi connectivity index (χ4v) is 7.21. The van der Waals surface area contributed by atoms with E-state index in [9.17, 15) is 26.4 Å². The topological polar surface area (TPSA) is 158 Å². The van der Waals surface area contributed by atoms with Crippen LogP contribution in [0.4, 0.5) is 5.69 Å². The van der Waals surface area contributed by atoms with Gasteiger partial charge in [0.05, 0.1) is 29.1 Å². The summed E-state index contributed by atoms with van der Waals surface area (Å²) in [5.74, 6) is -0.524. The number of hydrazone groups is 1. The van der Waals surface area contributed by atoms with Gasteiger partial charge in [-0.2, -0.15) is 13.7 Å². The number of likely N-dealkylation sites (N-methyl/N-ethyl adjacent to an activating group) is 1. The number of furan rings is 1. The third-order valence-corrected chi connectivity index (χ3v) is 10.9. The molecule has 4 rings (SSSR count). The summed E-state index contributed by atoms with van der Waals surface area (Å²) in [7, 11) is -6.75. The maximum atomic E-state index is 13.7. The summed E-state index contributed by atoms with van der Waals surface area (Å²) < 4.78 is 60.9. The summed E-state index contributed by atoms with van der Waals surface area (Å²) in [6, 6.07) is 19.9. The standard InChI is InChI=1S/C31H31Cl2N5O7S2/c1-21-4-12-29(13-5-21)47(43,44)38(18-23-6-7-24(32)16-30(23)33)19-27-11-10-26(45-27)17-34-36-31(40)20-37(3)46(41,42)28-14-8-25(9-15-28)35-22(2)39/h4-17H,18-20H2,1-3H3,(H,35,39)(H,36,40)/b34-17-. The molecular weight excluding hydrogens is 689 g/mol. The summed E-state index contributed by atoms with van der Waals surface area (Å²) in [6.45, 7) is 2.44. The zero-order valence-electron chi connectivity index (χ0n) is 25.5. The van der Waals surface area contributed by atoms with E-state index in [1.54, 1.807) is 30.3 Å². The quantitative estimate of drug-likeness (QED) is 0.145. The van der Waals surface area contributed by atoms with Crippen LogP contribution in [0.3, 0.4) is 0 Å². The summed E-state index contributed by atoms with van der Waals surface area (Å²) in [5, 5.41) is 7.10. The number of benzene rings is 3. The average molecular weight is 721 g/mol. The third-order valence-electron chi connectivity index (χ3n) is 6.67. The summed E-state index contributed by atoms with van der Waals surface area (Å²) in [5.41, 5.74) is 4.12. The van der Waals surface area contributed by atoms with E-state index >= 15 is 0 Å². The van der Waals surface area contributed by atoms with Crippen LogP contribution in [0.25, 0.3) is 0 Å². The summed E-state index contributed by atoms with van der Waals surface area (Å²) in [4.78, 5) is 23.7. The van der Waals surface area contributed by atoms with E-state index in [0.29, 0.717) is 21.3 Å². The van der Waals surface area contributed by atoms with Gasteiger partial charge in [-0.05, 0) is 73.2 Å². The fourth-order valence-electron chi connectivity index (χ4n) is 4.23. The molecule has 0 fully saturated rings. The van der Waals surface area contributed by atoms with Crippen LogP contribution < -0.4 is 10.7 Å². The van der Waals surface area contributed by atoms with Crippen LogP contribution in [-0.2, 0) is 42.7 Å². The molecule has 0 unspecified atom stereocenters. The number of hydrogen-bond donors (Lipinski definition) is 2. The second kappa shape index (κ2) is 15.2. The van der Waals surface area contributed by atoms with Gasteiger partial charge in [0.1, 0.15) is 11.5 Å². The zero-order valence-corrected chi connectivity index (χ0v) is 28.6. The van der Waals surface area contributed by atoms with Crippen LogP contribution in [0.5, 0.6) is 0 Å². The van der Waals surface area contributed by atoms with E-state index < -0.39 is 32.5 Å². The molecule has 3 aromatic carbocycles. The first-order chi connectivity index (χ1) is 22.1. The van der Waals surface area contributed by atoms with Crippen molar-refractivity contribution in [2.75, 3.05) is 18.9 Å². The smallest absolute Gasteiger partial charge is 0.255 e. The minimum Gasteiger partial charge on any atom is -0.459 e. The molecule has 2 amide bonds. The number of anilines is 1. The first kappa shape index (κ1) is 35.8. The largest absolute Gasteiger partial charge is 0.459 e. The molecule has 1 heterocycles. The second-order valence-electron chi connectivity index (χ2n) is 10.4. The highest BCUT2D eigenvalue weighted by Gasteiger charge is 2.27. The third kappa shape index (κ3) is 9.50. The van der Waals surface area contributed by atoms with Crippen LogP contribution in [-0.4, -0.2) is 57.1 Å². The van der Waals surface area contributed by atoms with Crippen molar-refractivity contribution in [3.63, 3.8) is 0 Å². The van der Waals surface area contributed by atoms with Crippen molar-refractivity contribution >= 4 is 67.0 Å². The molecule has 16 heteroatoms. The molecule has 2 N–H and O–H groups in total. The Morgan fingerprint density at radius 1 is 0.872 bits per heavy atom. The van der Waals surface area contributed by atoms with Crippen LogP contribution in [0, 0.1) is 6.92 Å². The SMILES string of the molecule is CC(=O)Nc1ccc(S(=O)(=O)N(C)CC(=O)N/N=C\c2ccc(CN(Cc3ccc(Cl)cc3Cl)S(=O)(=O)c3ccc(C)cc3)o2)cc1. The van der Waals surface area contributed by atoms with Gasteiger partial charge in [0, 0.05) is 36.2 Å². The van der Waals surface area contributed by atoms with Crippen molar-refractivity contribution in [2.24, 2.45) is 5.10 Å². The van der Waals surface area contributed by atoms with Gasteiger partial charge in [0.25, 0.3) is 5.91 Å². The van der Waals surface area contributed by atoms with Crippen LogP contribution in [0.15, 0.2) is 98.2 Å². The van der Waals surface area contributed by atoms with Gasteiger partial charge in [0.15, 0.2) is 0 Å². The molecule has 248 valence electrons. The summed E-state index contributed by atoms with van der Waals surface area (Å²) in [6.07, 6.45) is 1.20. The van der Waals surface area contributed by atoms with E-state index in [0.717, 1.165) is 9.87 Å². The van der Waals surface area contributed by atoms with Crippen molar-refractivity contribution in [2.45, 2.75) is 36.7 Å². The number of halogens is 2. The number of nitrogens with zero attached hydrogens (tertiary/aromatic N) is 3. The lowest BCUT2D eigenvalue weighted by Gasteiger charge is -2.22. The van der Waals surface area contributed by atoms with Gasteiger partial charge in [-0.1, -0.05) is 47.0 Å². The summed E-state index contributed by atoms with van der Waals surface area (Å²) >= 11 is 12.4. The minimum atomic E-state index is -4.01. The van der Waals surface area contributed by atoms with Gasteiger partial charge >= 0.3 is 0 Å². The molecule has 0 bridgehead atoms. The zero-order chi connectivity index (χ0) is 34.4. The molecule has 12 nitrogen and oxygen atoms in total. The predicted octanol–water partition coefficient (Wildman–Crippen LogP) is 5.02. The van der Waals surface area contributed by atoms with Gasteiger partial charge in [-0.25, -0.2) is 22.3 Å². The number of hydrogen-bond acceptors (Lipinski definition) is 8. The number of sulfonamides is 2. The molecule has 0 saturated carbocycles. The number of carbonyl (C=O) groups excluding carboxylic acids is 2. The normalized spacial score (nSPS) is 12.1. The molecule has 0 aliphatic rings. The number of rotatable bonds is 13. The lowest BCUT2D eigenvalue weighted by molar-refractivity contribution is -0.121. The monoisotopic (exact) mass is 719 g/mol. The minimum absolute atomic E-state index is 0.0645.